The van der Waals surface area contributed by atoms with Crippen molar-refractivity contribution in [2.75, 3.05) is 38.1 Å². The number of thiophene rings is 1. The van der Waals surface area contributed by atoms with E-state index in [4.69, 9.17) is 5.73 Å². The van der Waals surface area contributed by atoms with E-state index in [1.807, 2.05) is 20.8 Å². The van der Waals surface area contributed by atoms with Crippen molar-refractivity contribution in [2.24, 2.45) is 5.73 Å². The van der Waals surface area contributed by atoms with Gasteiger partial charge < -0.3 is 15.5 Å². The van der Waals surface area contributed by atoms with Crippen molar-refractivity contribution in [3.8, 4) is 16.5 Å². The van der Waals surface area contributed by atoms with Crippen LogP contribution in [-0.4, -0.2) is 38.1 Å². The number of piperazine rings is 1. The van der Waals surface area contributed by atoms with Gasteiger partial charge in [-0.15, -0.1) is 11.3 Å². The Kier molecular flexibility index (Phi) is 7.74. The zero-order valence-corrected chi connectivity index (χ0v) is 20.3. The van der Waals surface area contributed by atoms with Gasteiger partial charge in [-0.2, -0.15) is 5.26 Å². The molecule has 0 unspecified atom stereocenters. The van der Waals surface area contributed by atoms with Gasteiger partial charge in [0, 0.05) is 47.3 Å². The SMILES string of the molecule is C=C(N)/C(C#N)=C(\C)c1ccc(-c2ccc3cc(N4CCN(C)CC4)ccc3c2)s1.CC. The molecule has 166 valence electrons. The summed E-state index contributed by atoms with van der Waals surface area (Å²) in [5, 5.41) is 11.8. The molecule has 0 radical (unpaired) electrons. The van der Waals surface area contributed by atoms with E-state index in [-0.39, 0.29) is 0 Å². The first-order chi connectivity index (χ1) is 15.5. The van der Waals surface area contributed by atoms with Crippen molar-refractivity contribution in [2.45, 2.75) is 20.8 Å². The highest BCUT2D eigenvalue weighted by Crippen LogP contribution is 2.35. The molecule has 1 saturated heterocycles. The first kappa shape index (κ1) is 23.6. The molecule has 2 N–H and O–H groups in total. The van der Waals surface area contributed by atoms with Crippen LogP contribution in [0.4, 0.5) is 5.69 Å². The second kappa shape index (κ2) is 10.5. The number of nitrogens with two attached hydrogens (primary N) is 1. The van der Waals surface area contributed by atoms with Crippen LogP contribution in [0.2, 0.25) is 0 Å². The first-order valence-electron chi connectivity index (χ1n) is 11.1. The quantitative estimate of drug-likeness (QED) is 0.389. The lowest BCUT2D eigenvalue weighted by atomic mass is 10.0. The maximum atomic E-state index is 9.35. The number of anilines is 1. The zero-order chi connectivity index (χ0) is 23.3. The monoisotopic (exact) mass is 444 g/mol. The largest absolute Gasteiger partial charge is 0.398 e. The van der Waals surface area contributed by atoms with Crippen molar-refractivity contribution in [3.05, 3.63) is 71.3 Å². The van der Waals surface area contributed by atoms with Crippen LogP contribution in [0, 0.1) is 11.3 Å². The Hall–Kier alpha value is -3.07. The molecule has 0 saturated carbocycles. The highest BCUT2D eigenvalue weighted by molar-refractivity contribution is 7.16. The van der Waals surface area contributed by atoms with Crippen LogP contribution in [0.15, 0.2) is 66.4 Å². The predicted molar refractivity (Wildman–Crippen MR) is 140 cm³/mol. The lowest BCUT2D eigenvalue weighted by molar-refractivity contribution is 0.313. The second-order valence-electron chi connectivity index (χ2n) is 7.84. The third kappa shape index (κ3) is 5.04. The van der Waals surface area contributed by atoms with E-state index in [2.05, 4.69) is 78.0 Å². The molecular weight excluding hydrogens is 412 g/mol. The first-order valence-corrected chi connectivity index (χ1v) is 11.9. The van der Waals surface area contributed by atoms with E-state index < -0.39 is 0 Å². The van der Waals surface area contributed by atoms with Crippen LogP contribution in [0.1, 0.15) is 25.6 Å². The molecule has 4 nitrogen and oxygen atoms in total. The molecule has 1 fully saturated rings. The molecule has 32 heavy (non-hydrogen) atoms. The van der Waals surface area contributed by atoms with Crippen LogP contribution in [0.3, 0.4) is 0 Å². The molecule has 0 spiro atoms. The summed E-state index contributed by atoms with van der Waals surface area (Å²) in [6.45, 7) is 14.0. The Morgan fingerprint density at radius 3 is 2.31 bits per heavy atom. The molecule has 1 aliphatic heterocycles. The van der Waals surface area contributed by atoms with Crippen molar-refractivity contribution < 1.29 is 0 Å². The molecule has 0 atom stereocenters. The summed E-state index contributed by atoms with van der Waals surface area (Å²) >= 11 is 1.67. The van der Waals surface area contributed by atoms with Gasteiger partial charge in [-0.3, -0.25) is 0 Å². The van der Waals surface area contributed by atoms with E-state index in [0.29, 0.717) is 11.3 Å². The van der Waals surface area contributed by atoms with Crippen molar-refractivity contribution in [1.82, 2.24) is 4.90 Å². The number of hydrogen-bond donors (Lipinski definition) is 1. The van der Waals surface area contributed by atoms with Crippen molar-refractivity contribution in [1.29, 1.82) is 5.26 Å². The number of rotatable bonds is 4. The Balaban J connectivity index is 0.00000141. The van der Waals surface area contributed by atoms with E-state index in [1.54, 1.807) is 11.3 Å². The molecule has 0 aliphatic carbocycles. The Labute approximate surface area is 195 Å². The molecule has 2 heterocycles. The van der Waals surface area contributed by atoms with Gasteiger partial charge in [0.15, 0.2) is 0 Å². The molecule has 1 aliphatic rings. The lowest BCUT2D eigenvalue weighted by Crippen LogP contribution is -2.44. The lowest BCUT2D eigenvalue weighted by Gasteiger charge is -2.34. The Morgan fingerprint density at radius 1 is 1.00 bits per heavy atom. The van der Waals surface area contributed by atoms with Gasteiger partial charge >= 0.3 is 0 Å². The standard InChI is InChI=1S/C25H26N4S.C2H6/c1-17(23(16-26)18(2)27)24-8-9-25(30-24)21-5-4-20-15-22(7-6-19(20)14-21)29-12-10-28(3)11-13-29;1-2/h4-9,14-15H,2,10-13,27H2,1,3H3;1-2H3/b23-17+;. The smallest absolute Gasteiger partial charge is 0.102 e. The maximum absolute atomic E-state index is 9.35. The minimum absolute atomic E-state index is 0.312. The number of nitrogens with zero attached hydrogens (tertiary/aromatic N) is 3. The number of fused-ring (bicyclic) bond motifs is 1. The van der Waals surface area contributed by atoms with Gasteiger partial charge in [-0.25, -0.2) is 0 Å². The number of allylic oxidation sites excluding steroid dienone is 2. The third-order valence-corrected chi connectivity index (χ3v) is 7.01. The minimum atomic E-state index is 0.312. The molecular formula is C27H32N4S. The summed E-state index contributed by atoms with van der Waals surface area (Å²) in [4.78, 5) is 7.05. The normalized spacial score (nSPS) is 14.9. The molecule has 0 bridgehead atoms. The molecule has 4 rings (SSSR count). The van der Waals surface area contributed by atoms with Gasteiger partial charge in [0.05, 0.1) is 5.57 Å². The van der Waals surface area contributed by atoms with E-state index in [1.165, 1.54) is 26.9 Å². The summed E-state index contributed by atoms with van der Waals surface area (Å²) in [6, 6.07) is 19.7. The van der Waals surface area contributed by atoms with E-state index >= 15 is 0 Å². The van der Waals surface area contributed by atoms with Gasteiger partial charge in [-0.1, -0.05) is 38.6 Å². The highest BCUT2D eigenvalue weighted by atomic mass is 32.1. The van der Waals surface area contributed by atoms with E-state index in [9.17, 15) is 5.26 Å². The summed E-state index contributed by atoms with van der Waals surface area (Å²) in [5.74, 6) is 0. The second-order valence-corrected chi connectivity index (χ2v) is 8.92. The predicted octanol–water partition coefficient (Wildman–Crippen LogP) is 6.12. The maximum Gasteiger partial charge on any atom is 0.102 e. The average Bonchev–Trinajstić information content (AvgIpc) is 3.31. The topological polar surface area (TPSA) is 56.3 Å². The minimum Gasteiger partial charge on any atom is -0.398 e. The summed E-state index contributed by atoms with van der Waals surface area (Å²) in [6.07, 6.45) is 0. The number of benzene rings is 2. The molecule has 5 heteroatoms. The van der Waals surface area contributed by atoms with Gasteiger partial charge in [0.25, 0.3) is 0 Å². The fourth-order valence-electron chi connectivity index (χ4n) is 3.86. The summed E-state index contributed by atoms with van der Waals surface area (Å²) in [7, 11) is 2.18. The van der Waals surface area contributed by atoms with Crippen molar-refractivity contribution >= 4 is 33.4 Å². The number of likely N-dealkylation sites (N-methyl/N-ethyl adjacent to an activating group) is 1. The molecule has 0 amide bonds. The number of nitriles is 1. The fourth-order valence-corrected chi connectivity index (χ4v) is 4.87. The summed E-state index contributed by atoms with van der Waals surface area (Å²) < 4.78 is 0. The Bertz CT molecular complexity index is 1170. The average molecular weight is 445 g/mol. The molecule has 1 aromatic heterocycles. The highest BCUT2D eigenvalue weighted by Gasteiger charge is 2.15. The van der Waals surface area contributed by atoms with Crippen LogP contribution in [-0.2, 0) is 0 Å². The molecule has 2 aromatic carbocycles. The zero-order valence-electron chi connectivity index (χ0n) is 19.5. The number of hydrogen-bond acceptors (Lipinski definition) is 5. The fraction of sp³-hybridized carbons (Fsp3) is 0.296. The van der Waals surface area contributed by atoms with Gasteiger partial charge in [0.2, 0.25) is 0 Å². The van der Waals surface area contributed by atoms with E-state index in [0.717, 1.165) is 36.6 Å². The third-order valence-electron chi connectivity index (χ3n) is 5.76. The van der Waals surface area contributed by atoms with Crippen LogP contribution in [0.25, 0.3) is 26.8 Å². The Morgan fingerprint density at radius 2 is 1.66 bits per heavy atom. The summed E-state index contributed by atoms with van der Waals surface area (Å²) in [5.41, 5.74) is 9.89. The molecule has 3 aromatic rings. The van der Waals surface area contributed by atoms with Crippen LogP contribution in [0.5, 0.6) is 0 Å². The van der Waals surface area contributed by atoms with Crippen LogP contribution < -0.4 is 10.6 Å². The van der Waals surface area contributed by atoms with Gasteiger partial charge in [-0.05, 0) is 66.2 Å². The van der Waals surface area contributed by atoms with Crippen LogP contribution >= 0.6 is 11.3 Å². The van der Waals surface area contributed by atoms with Gasteiger partial charge in [0.1, 0.15) is 6.07 Å². The van der Waals surface area contributed by atoms with Crippen molar-refractivity contribution in [3.63, 3.8) is 0 Å².